The molecular formula is C14H20BrClN2O. The van der Waals surface area contributed by atoms with Crippen LogP contribution in [0, 0.1) is 5.92 Å². The molecule has 106 valence electrons. The average Bonchev–Trinajstić information content (AvgIpc) is 2.98. The van der Waals surface area contributed by atoms with Gasteiger partial charge in [-0.05, 0) is 37.4 Å². The van der Waals surface area contributed by atoms with Crippen molar-refractivity contribution in [1.82, 2.24) is 5.32 Å². The summed E-state index contributed by atoms with van der Waals surface area (Å²) in [6.45, 7) is 3.32. The molecule has 2 unspecified atom stereocenters. The predicted molar refractivity (Wildman–Crippen MR) is 83.7 cm³/mol. The van der Waals surface area contributed by atoms with E-state index in [9.17, 15) is 4.79 Å². The van der Waals surface area contributed by atoms with Gasteiger partial charge in [-0.2, -0.15) is 0 Å². The number of hydrogen-bond donors (Lipinski definition) is 2. The fourth-order valence-corrected chi connectivity index (χ4v) is 2.54. The SMILES string of the molecule is CC1(Br)CC1C(=O)NCc1ccc(CCN)cc1.Cl. The second kappa shape index (κ2) is 6.73. The summed E-state index contributed by atoms with van der Waals surface area (Å²) in [5.41, 5.74) is 7.87. The van der Waals surface area contributed by atoms with Gasteiger partial charge in [0.2, 0.25) is 5.91 Å². The molecule has 0 radical (unpaired) electrons. The van der Waals surface area contributed by atoms with E-state index in [1.165, 1.54) is 5.56 Å². The van der Waals surface area contributed by atoms with Gasteiger partial charge >= 0.3 is 0 Å². The number of nitrogens with one attached hydrogen (secondary N) is 1. The Morgan fingerprint density at radius 1 is 1.42 bits per heavy atom. The van der Waals surface area contributed by atoms with Crippen LogP contribution in [0.2, 0.25) is 0 Å². The van der Waals surface area contributed by atoms with Crippen LogP contribution in [0.4, 0.5) is 0 Å². The van der Waals surface area contributed by atoms with E-state index in [2.05, 4.69) is 40.3 Å². The minimum absolute atomic E-state index is 0. The van der Waals surface area contributed by atoms with Gasteiger partial charge in [-0.1, -0.05) is 40.2 Å². The summed E-state index contributed by atoms with van der Waals surface area (Å²) in [5, 5.41) is 2.97. The van der Waals surface area contributed by atoms with Gasteiger partial charge < -0.3 is 11.1 Å². The first-order chi connectivity index (χ1) is 8.53. The minimum atomic E-state index is 0. The highest BCUT2D eigenvalue weighted by atomic mass is 79.9. The fraction of sp³-hybridized carbons (Fsp3) is 0.500. The highest BCUT2D eigenvalue weighted by molar-refractivity contribution is 9.10. The number of nitrogens with two attached hydrogens (primary N) is 1. The Morgan fingerprint density at radius 2 is 1.95 bits per heavy atom. The zero-order valence-electron chi connectivity index (χ0n) is 11.0. The zero-order valence-corrected chi connectivity index (χ0v) is 13.4. The molecule has 1 amide bonds. The van der Waals surface area contributed by atoms with Gasteiger partial charge in [0.1, 0.15) is 0 Å². The maximum atomic E-state index is 11.8. The number of halogens is 2. The summed E-state index contributed by atoms with van der Waals surface area (Å²) in [7, 11) is 0. The molecule has 1 saturated carbocycles. The van der Waals surface area contributed by atoms with E-state index in [1.807, 2.05) is 12.1 Å². The third-order valence-electron chi connectivity index (χ3n) is 3.41. The van der Waals surface area contributed by atoms with Gasteiger partial charge in [-0.3, -0.25) is 4.79 Å². The van der Waals surface area contributed by atoms with E-state index in [0.29, 0.717) is 13.1 Å². The van der Waals surface area contributed by atoms with Crippen LogP contribution in [0.5, 0.6) is 0 Å². The lowest BCUT2D eigenvalue weighted by Gasteiger charge is -2.07. The number of carbonyl (C=O) groups excluding carboxylic acids is 1. The van der Waals surface area contributed by atoms with Crippen molar-refractivity contribution < 1.29 is 4.79 Å². The Kier molecular flexibility index (Phi) is 5.83. The lowest BCUT2D eigenvalue weighted by molar-refractivity contribution is -0.122. The molecule has 2 rings (SSSR count). The lowest BCUT2D eigenvalue weighted by atomic mass is 10.1. The van der Waals surface area contributed by atoms with Gasteiger partial charge in [0.15, 0.2) is 0 Å². The number of hydrogen-bond acceptors (Lipinski definition) is 2. The zero-order chi connectivity index (χ0) is 13.2. The topological polar surface area (TPSA) is 55.1 Å². The Morgan fingerprint density at radius 3 is 2.42 bits per heavy atom. The highest BCUT2D eigenvalue weighted by Gasteiger charge is 2.52. The Labute approximate surface area is 128 Å². The monoisotopic (exact) mass is 346 g/mol. The molecule has 2 atom stereocenters. The molecule has 0 saturated heterocycles. The van der Waals surface area contributed by atoms with Crippen molar-refractivity contribution in [2.75, 3.05) is 6.54 Å². The van der Waals surface area contributed by atoms with Gasteiger partial charge in [-0.25, -0.2) is 0 Å². The number of carbonyl (C=O) groups is 1. The number of alkyl halides is 1. The first kappa shape index (κ1) is 16.5. The molecule has 1 fully saturated rings. The van der Waals surface area contributed by atoms with E-state index >= 15 is 0 Å². The molecule has 0 aliphatic heterocycles. The number of rotatable bonds is 5. The summed E-state index contributed by atoms with van der Waals surface area (Å²) in [6.07, 6.45) is 1.82. The first-order valence-corrected chi connectivity index (χ1v) is 7.07. The van der Waals surface area contributed by atoms with Gasteiger partial charge in [-0.15, -0.1) is 12.4 Å². The summed E-state index contributed by atoms with van der Waals surface area (Å²) >= 11 is 3.53. The molecule has 19 heavy (non-hydrogen) atoms. The van der Waals surface area contributed by atoms with E-state index in [4.69, 9.17) is 5.73 Å². The van der Waals surface area contributed by atoms with Crippen LogP contribution in [-0.2, 0) is 17.8 Å². The van der Waals surface area contributed by atoms with Crippen molar-refractivity contribution in [2.45, 2.75) is 30.6 Å². The van der Waals surface area contributed by atoms with Crippen LogP contribution in [0.25, 0.3) is 0 Å². The van der Waals surface area contributed by atoms with Crippen LogP contribution in [0.1, 0.15) is 24.5 Å². The van der Waals surface area contributed by atoms with E-state index in [0.717, 1.165) is 18.4 Å². The fourth-order valence-electron chi connectivity index (χ4n) is 2.01. The first-order valence-electron chi connectivity index (χ1n) is 6.27. The van der Waals surface area contributed by atoms with Gasteiger partial charge in [0.25, 0.3) is 0 Å². The minimum Gasteiger partial charge on any atom is -0.352 e. The largest absolute Gasteiger partial charge is 0.352 e. The van der Waals surface area contributed by atoms with Crippen LogP contribution < -0.4 is 11.1 Å². The van der Waals surface area contributed by atoms with E-state index < -0.39 is 0 Å². The van der Waals surface area contributed by atoms with Crippen LogP contribution in [0.3, 0.4) is 0 Å². The second-order valence-corrected chi connectivity index (χ2v) is 6.92. The molecule has 3 nitrogen and oxygen atoms in total. The van der Waals surface area contributed by atoms with Crippen molar-refractivity contribution >= 4 is 34.2 Å². The molecule has 0 spiro atoms. The number of amides is 1. The van der Waals surface area contributed by atoms with Crippen LogP contribution in [-0.4, -0.2) is 16.8 Å². The van der Waals surface area contributed by atoms with Crippen molar-refractivity contribution in [3.8, 4) is 0 Å². The van der Waals surface area contributed by atoms with Crippen molar-refractivity contribution in [2.24, 2.45) is 11.7 Å². The van der Waals surface area contributed by atoms with Crippen LogP contribution >= 0.6 is 28.3 Å². The summed E-state index contributed by atoms with van der Waals surface area (Å²) in [6, 6.07) is 8.23. The smallest absolute Gasteiger partial charge is 0.224 e. The van der Waals surface area contributed by atoms with Gasteiger partial charge in [0.05, 0.1) is 5.92 Å². The molecule has 0 bridgehead atoms. The lowest BCUT2D eigenvalue weighted by Crippen LogP contribution is -2.26. The average molecular weight is 348 g/mol. The molecule has 0 aromatic heterocycles. The molecule has 1 aliphatic carbocycles. The van der Waals surface area contributed by atoms with Crippen LogP contribution in [0.15, 0.2) is 24.3 Å². The molecule has 5 heteroatoms. The third kappa shape index (κ3) is 4.48. The second-order valence-electron chi connectivity index (χ2n) is 5.11. The summed E-state index contributed by atoms with van der Waals surface area (Å²) in [4.78, 5) is 11.8. The van der Waals surface area contributed by atoms with E-state index in [-0.39, 0.29) is 28.6 Å². The van der Waals surface area contributed by atoms with Gasteiger partial charge in [0, 0.05) is 10.9 Å². The molecule has 1 aromatic carbocycles. The third-order valence-corrected chi connectivity index (χ3v) is 4.29. The molecule has 0 heterocycles. The maximum Gasteiger partial charge on any atom is 0.224 e. The predicted octanol–water partition coefficient (Wildman–Crippen LogP) is 2.40. The Bertz CT molecular complexity index is 434. The quantitative estimate of drug-likeness (QED) is 0.804. The molecule has 1 aromatic rings. The Balaban J connectivity index is 0.00000180. The van der Waals surface area contributed by atoms with Crippen molar-refractivity contribution in [1.29, 1.82) is 0 Å². The maximum absolute atomic E-state index is 11.8. The number of benzene rings is 1. The standard InChI is InChI=1S/C14H19BrN2O.ClH/c1-14(15)8-12(14)13(18)17-9-11-4-2-10(3-5-11)6-7-16;/h2-5,12H,6-9,16H2,1H3,(H,17,18);1H. The van der Waals surface area contributed by atoms with E-state index in [1.54, 1.807) is 0 Å². The molecule has 3 N–H and O–H groups in total. The summed E-state index contributed by atoms with van der Waals surface area (Å²) in [5.74, 6) is 0.259. The summed E-state index contributed by atoms with van der Waals surface area (Å²) < 4.78 is 0.0159. The normalized spacial score (nSPS) is 24.5. The van der Waals surface area contributed by atoms with Crippen molar-refractivity contribution in [3.05, 3.63) is 35.4 Å². The highest BCUT2D eigenvalue weighted by Crippen LogP contribution is 2.50. The molecular weight excluding hydrogens is 328 g/mol. The van der Waals surface area contributed by atoms with Crippen molar-refractivity contribution in [3.63, 3.8) is 0 Å². The Hall–Kier alpha value is -0.580. The molecule has 1 aliphatic rings.